The summed E-state index contributed by atoms with van der Waals surface area (Å²) in [6, 6.07) is 1.88. The quantitative estimate of drug-likeness (QED) is 0.869. The molecular weight excluding hydrogens is 238 g/mol. The summed E-state index contributed by atoms with van der Waals surface area (Å²) in [5.74, 6) is 0. The average molecular weight is 252 g/mol. The summed E-state index contributed by atoms with van der Waals surface area (Å²) < 4.78 is 1.77. The SMILES string of the molecule is NCCCc1cn(Cc2ccncc2Cl)nn1. The summed E-state index contributed by atoms with van der Waals surface area (Å²) in [4.78, 5) is 3.94. The fourth-order valence-electron chi connectivity index (χ4n) is 1.52. The van der Waals surface area contributed by atoms with Gasteiger partial charge in [-0.2, -0.15) is 0 Å². The van der Waals surface area contributed by atoms with E-state index in [0.717, 1.165) is 24.1 Å². The Morgan fingerprint density at radius 1 is 1.41 bits per heavy atom. The molecule has 2 aromatic rings. The summed E-state index contributed by atoms with van der Waals surface area (Å²) in [5, 5.41) is 8.78. The second kappa shape index (κ2) is 5.75. The zero-order valence-corrected chi connectivity index (χ0v) is 10.1. The highest BCUT2D eigenvalue weighted by atomic mass is 35.5. The summed E-state index contributed by atoms with van der Waals surface area (Å²) in [7, 11) is 0. The van der Waals surface area contributed by atoms with Crippen LogP contribution in [0.25, 0.3) is 0 Å². The van der Waals surface area contributed by atoms with Gasteiger partial charge in [0.2, 0.25) is 0 Å². The molecule has 2 N–H and O–H groups in total. The van der Waals surface area contributed by atoms with E-state index >= 15 is 0 Å². The van der Waals surface area contributed by atoms with Gasteiger partial charge in [0.25, 0.3) is 0 Å². The van der Waals surface area contributed by atoms with Crippen LogP contribution in [0.4, 0.5) is 0 Å². The highest BCUT2D eigenvalue weighted by Gasteiger charge is 2.04. The lowest BCUT2D eigenvalue weighted by Gasteiger charge is -2.02. The van der Waals surface area contributed by atoms with Gasteiger partial charge in [0.1, 0.15) is 0 Å². The Bertz CT molecular complexity index is 482. The molecule has 0 bridgehead atoms. The van der Waals surface area contributed by atoms with Crippen LogP contribution < -0.4 is 5.73 Å². The summed E-state index contributed by atoms with van der Waals surface area (Å²) in [6.07, 6.45) is 7.05. The van der Waals surface area contributed by atoms with Gasteiger partial charge in [-0.3, -0.25) is 4.98 Å². The minimum Gasteiger partial charge on any atom is -0.330 e. The van der Waals surface area contributed by atoms with Crippen molar-refractivity contribution in [3.05, 3.63) is 40.9 Å². The van der Waals surface area contributed by atoms with E-state index in [1.807, 2.05) is 12.3 Å². The van der Waals surface area contributed by atoms with Gasteiger partial charge in [-0.15, -0.1) is 5.10 Å². The maximum absolute atomic E-state index is 6.02. The highest BCUT2D eigenvalue weighted by molar-refractivity contribution is 6.31. The number of pyridine rings is 1. The molecule has 0 spiro atoms. The molecule has 17 heavy (non-hydrogen) atoms. The molecule has 0 aliphatic rings. The third-order valence-electron chi connectivity index (χ3n) is 2.41. The van der Waals surface area contributed by atoms with Crippen LogP contribution in [0.3, 0.4) is 0 Å². The van der Waals surface area contributed by atoms with Crippen LogP contribution in [0.2, 0.25) is 5.02 Å². The molecule has 2 heterocycles. The second-order valence-electron chi connectivity index (χ2n) is 3.77. The first-order chi connectivity index (χ1) is 8.29. The van der Waals surface area contributed by atoms with Crippen molar-refractivity contribution in [2.24, 2.45) is 5.73 Å². The van der Waals surface area contributed by atoms with Crippen LogP contribution in [-0.2, 0) is 13.0 Å². The van der Waals surface area contributed by atoms with Gasteiger partial charge >= 0.3 is 0 Å². The lowest BCUT2D eigenvalue weighted by Crippen LogP contribution is -2.01. The number of hydrogen-bond donors (Lipinski definition) is 1. The van der Waals surface area contributed by atoms with E-state index in [0.29, 0.717) is 18.1 Å². The maximum Gasteiger partial charge on any atom is 0.0827 e. The molecule has 2 aromatic heterocycles. The van der Waals surface area contributed by atoms with Crippen LogP contribution >= 0.6 is 11.6 Å². The van der Waals surface area contributed by atoms with Crippen LogP contribution in [0, 0.1) is 0 Å². The van der Waals surface area contributed by atoms with Gasteiger partial charge in [0, 0.05) is 18.6 Å². The normalized spacial score (nSPS) is 10.7. The van der Waals surface area contributed by atoms with Crippen molar-refractivity contribution in [1.82, 2.24) is 20.0 Å². The molecule has 0 amide bonds. The Labute approximate surface area is 105 Å². The van der Waals surface area contributed by atoms with Gasteiger partial charge in [-0.1, -0.05) is 16.8 Å². The molecule has 0 unspecified atom stereocenters. The molecule has 0 saturated carbocycles. The van der Waals surface area contributed by atoms with E-state index in [2.05, 4.69) is 15.3 Å². The summed E-state index contributed by atoms with van der Waals surface area (Å²) in [5.41, 5.74) is 7.39. The van der Waals surface area contributed by atoms with Crippen molar-refractivity contribution < 1.29 is 0 Å². The molecule has 0 radical (unpaired) electrons. The molecule has 0 saturated heterocycles. The number of aryl methyl sites for hydroxylation is 1. The third-order valence-corrected chi connectivity index (χ3v) is 2.75. The zero-order chi connectivity index (χ0) is 12.1. The number of rotatable bonds is 5. The minimum atomic E-state index is 0.608. The van der Waals surface area contributed by atoms with E-state index < -0.39 is 0 Å². The smallest absolute Gasteiger partial charge is 0.0827 e. The zero-order valence-electron chi connectivity index (χ0n) is 9.38. The van der Waals surface area contributed by atoms with Crippen LogP contribution in [-0.4, -0.2) is 26.5 Å². The molecule has 0 aliphatic carbocycles. The van der Waals surface area contributed by atoms with Crippen LogP contribution in [0.5, 0.6) is 0 Å². The van der Waals surface area contributed by atoms with E-state index in [-0.39, 0.29) is 0 Å². The Morgan fingerprint density at radius 3 is 3.06 bits per heavy atom. The number of aromatic nitrogens is 4. The molecule has 0 aromatic carbocycles. The number of nitrogens with zero attached hydrogens (tertiary/aromatic N) is 4. The molecular formula is C11H14ClN5. The fraction of sp³-hybridized carbons (Fsp3) is 0.364. The highest BCUT2D eigenvalue weighted by Crippen LogP contribution is 2.14. The predicted octanol–water partition coefficient (Wildman–Crippen LogP) is 1.27. The Morgan fingerprint density at radius 2 is 2.29 bits per heavy atom. The van der Waals surface area contributed by atoms with Crippen LogP contribution in [0.15, 0.2) is 24.7 Å². The Balaban J connectivity index is 2.04. The fourth-order valence-corrected chi connectivity index (χ4v) is 1.70. The average Bonchev–Trinajstić information content (AvgIpc) is 2.77. The molecule has 2 rings (SSSR count). The minimum absolute atomic E-state index is 0.608. The van der Waals surface area contributed by atoms with Crippen molar-refractivity contribution in [3.63, 3.8) is 0 Å². The first-order valence-corrected chi connectivity index (χ1v) is 5.85. The first-order valence-electron chi connectivity index (χ1n) is 5.47. The van der Waals surface area contributed by atoms with Crippen molar-refractivity contribution in [3.8, 4) is 0 Å². The molecule has 5 nitrogen and oxygen atoms in total. The summed E-state index contributed by atoms with van der Waals surface area (Å²) in [6.45, 7) is 1.28. The Hall–Kier alpha value is -1.46. The predicted molar refractivity (Wildman–Crippen MR) is 65.7 cm³/mol. The van der Waals surface area contributed by atoms with E-state index in [9.17, 15) is 0 Å². The Kier molecular flexibility index (Phi) is 4.06. The maximum atomic E-state index is 6.02. The van der Waals surface area contributed by atoms with E-state index in [1.165, 1.54) is 0 Å². The van der Waals surface area contributed by atoms with E-state index in [4.69, 9.17) is 17.3 Å². The van der Waals surface area contributed by atoms with Crippen molar-refractivity contribution >= 4 is 11.6 Å². The topological polar surface area (TPSA) is 69.6 Å². The van der Waals surface area contributed by atoms with Crippen molar-refractivity contribution in [2.75, 3.05) is 6.54 Å². The monoisotopic (exact) mass is 251 g/mol. The van der Waals surface area contributed by atoms with Crippen molar-refractivity contribution in [1.29, 1.82) is 0 Å². The van der Waals surface area contributed by atoms with Gasteiger partial charge in [-0.05, 0) is 31.0 Å². The molecule has 0 fully saturated rings. The van der Waals surface area contributed by atoms with Gasteiger partial charge in [0.05, 0.1) is 17.3 Å². The lowest BCUT2D eigenvalue weighted by molar-refractivity contribution is 0.648. The molecule has 6 heteroatoms. The first kappa shape index (κ1) is 12.0. The molecule has 0 atom stereocenters. The summed E-state index contributed by atoms with van der Waals surface area (Å²) >= 11 is 6.02. The van der Waals surface area contributed by atoms with Crippen LogP contribution in [0.1, 0.15) is 17.7 Å². The van der Waals surface area contributed by atoms with E-state index in [1.54, 1.807) is 17.1 Å². The third kappa shape index (κ3) is 3.25. The lowest BCUT2D eigenvalue weighted by atomic mass is 10.2. The molecule has 90 valence electrons. The number of halogens is 1. The van der Waals surface area contributed by atoms with Gasteiger partial charge in [-0.25, -0.2) is 4.68 Å². The second-order valence-corrected chi connectivity index (χ2v) is 4.17. The largest absolute Gasteiger partial charge is 0.330 e. The molecule has 0 aliphatic heterocycles. The van der Waals surface area contributed by atoms with Gasteiger partial charge < -0.3 is 5.73 Å². The number of nitrogens with two attached hydrogens (primary N) is 1. The van der Waals surface area contributed by atoms with Gasteiger partial charge in [0.15, 0.2) is 0 Å². The number of hydrogen-bond acceptors (Lipinski definition) is 4. The standard InChI is InChI=1S/C11H14ClN5/c12-11-6-14-5-3-9(11)7-17-8-10(15-16-17)2-1-4-13/h3,5-6,8H,1-2,4,7,13H2. The van der Waals surface area contributed by atoms with Crippen molar-refractivity contribution in [2.45, 2.75) is 19.4 Å².